The lowest BCUT2D eigenvalue weighted by Crippen LogP contribution is -2.22. The Hall–Kier alpha value is -3.92. The molecule has 4 heteroatoms. The van der Waals surface area contributed by atoms with Crippen LogP contribution in [0.1, 0.15) is 95.4 Å². The van der Waals surface area contributed by atoms with Crippen molar-refractivity contribution in [3.63, 3.8) is 0 Å². The average Bonchev–Trinajstić information content (AvgIpc) is 3.56. The third-order valence-corrected chi connectivity index (χ3v) is 8.10. The Kier molecular flexibility index (Phi) is 9.56. The normalized spacial score (nSPS) is 13.1. The van der Waals surface area contributed by atoms with Gasteiger partial charge < -0.3 is 0 Å². The van der Waals surface area contributed by atoms with Gasteiger partial charge in [0.2, 0.25) is 5.91 Å². The molecule has 0 aliphatic carbocycles. The average molecular weight is 562 g/mol. The Labute approximate surface area is 252 Å². The maximum absolute atomic E-state index is 13.0. The van der Waals surface area contributed by atoms with Gasteiger partial charge in [-0.05, 0) is 61.9 Å². The first kappa shape index (κ1) is 31.0. The number of nitrogens with zero attached hydrogens (tertiary/aromatic N) is 3. The van der Waals surface area contributed by atoms with Gasteiger partial charge in [-0.15, -0.1) is 0 Å². The molecule has 0 N–H and O–H groups in total. The molecule has 1 aliphatic heterocycles. The van der Waals surface area contributed by atoms with E-state index in [0.29, 0.717) is 18.8 Å². The number of anilines is 1. The molecule has 0 bridgehead atoms. The molecule has 1 amide bonds. The number of pyridine rings is 1. The minimum atomic E-state index is 0.109. The van der Waals surface area contributed by atoms with Gasteiger partial charge in [-0.3, -0.25) is 14.1 Å². The summed E-state index contributed by atoms with van der Waals surface area (Å²) in [6.45, 7) is 23.5. The molecule has 5 aromatic rings. The number of aryl methyl sites for hydroxylation is 3. The first-order valence-electron chi connectivity index (χ1n) is 15.6. The van der Waals surface area contributed by atoms with Crippen LogP contribution in [0.3, 0.4) is 0 Å². The van der Waals surface area contributed by atoms with Crippen LogP contribution in [-0.4, -0.2) is 15.3 Å². The minimum Gasteiger partial charge on any atom is -0.292 e. The highest BCUT2D eigenvalue weighted by molar-refractivity contribution is 6.21. The topological polar surface area (TPSA) is 37.6 Å². The Bertz CT molecular complexity index is 1730. The molecule has 4 nitrogen and oxygen atoms in total. The van der Waals surface area contributed by atoms with Crippen molar-refractivity contribution in [3.05, 3.63) is 89.3 Å². The van der Waals surface area contributed by atoms with E-state index in [0.717, 1.165) is 44.4 Å². The summed E-state index contributed by atoms with van der Waals surface area (Å²) in [6.07, 6.45) is 5.86. The van der Waals surface area contributed by atoms with Crippen molar-refractivity contribution < 1.29 is 4.79 Å². The molecular formula is C38H47N3O. The van der Waals surface area contributed by atoms with Crippen LogP contribution in [0.25, 0.3) is 38.6 Å². The van der Waals surface area contributed by atoms with Crippen LogP contribution in [-0.2, 0) is 4.79 Å². The standard InChI is InChI=1S/C32H31N3O.C4H10.C2H6/c1-18(2)23-12-13-26(34-22(6)11-14-28(34)36)30-24-9-7-8-10-25(24)35-27(17-33-32(35)31(23)30)29-20(4)15-19(3)16-21(29)5;1-3-4-2;1-2/h7-10,12-13,15-18H,6,11,14H2,1-5H3;3-4H2,1-2H3;1-2H3. The molecule has 3 heterocycles. The summed E-state index contributed by atoms with van der Waals surface area (Å²) in [6, 6.07) is 17.3. The number of rotatable bonds is 4. The summed E-state index contributed by atoms with van der Waals surface area (Å²) >= 11 is 0. The van der Waals surface area contributed by atoms with Gasteiger partial charge in [-0.2, -0.15) is 0 Å². The number of imidazole rings is 1. The van der Waals surface area contributed by atoms with Crippen LogP contribution in [0.4, 0.5) is 5.69 Å². The molecule has 0 saturated carbocycles. The molecule has 3 aromatic carbocycles. The van der Waals surface area contributed by atoms with Crippen LogP contribution in [0.15, 0.2) is 67.0 Å². The molecule has 1 saturated heterocycles. The largest absolute Gasteiger partial charge is 0.292 e. The third kappa shape index (κ3) is 5.35. The maximum Gasteiger partial charge on any atom is 0.231 e. The lowest BCUT2D eigenvalue weighted by Gasteiger charge is -2.24. The second-order valence-electron chi connectivity index (χ2n) is 11.5. The molecule has 220 valence electrons. The van der Waals surface area contributed by atoms with Gasteiger partial charge in [0.1, 0.15) is 5.65 Å². The lowest BCUT2D eigenvalue weighted by molar-refractivity contribution is -0.116. The fraction of sp³-hybridized carbons (Fsp3) is 0.368. The molecular weight excluding hydrogens is 514 g/mol. The monoisotopic (exact) mass is 561 g/mol. The lowest BCUT2D eigenvalue weighted by atomic mass is 9.92. The van der Waals surface area contributed by atoms with Gasteiger partial charge in [-0.1, -0.05) is 103 Å². The number of para-hydroxylation sites is 1. The van der Waals surface area contributed by atoms with Crippen LogP contribution in [0.5, 0.6) is 0 Å². The first-order chi connectivity index (χ1) is 20.2. The number of carbonyl (C=O) groups excluding carboxylic acids is 1. The predicted octanol–water partition coefficient (Wildman–Crippen LogP) is 10.8. The van der Waals surface area contributed by atoms with Crippen molar-refractivity contribution in [3.8, 4) is 11.3 Å². The van der Waals surface area contributed by atoms with Gasteiger partial charge in [0, 0.05) is 33.8 Å². The van der Waals surface area contributed by atoms with E-state index in [2.05, 4.69) is 108 Å². The van der Waals surface area contributed by atoms with Gasteiger partial charge in [0.15, 0.2) is 0 Å². The number of carbonyl (C=O) groups is 1. The molecule has 2 aromatic heterocycles. The highest BCUT2D eigenvalue weighted by Gasteiger charge is 2.29. The maximum atomic E-state index is 13.0. The van der Waals surface area contributed by atoms with E-state index in [4.69, 9.17) is 4.98 Å². The van der Waals surface area contributed by atoms with Crippen LogP contribution in [0.2, 0.25) is 0 Å². The second-order valence-corrected chi connectivity index (χ2v) is 11.5. The zero-order chi connectivity index (χ0) is 30.7. The Morgan fingerprint density at radius 2 is 1.55 bits per heavy atom. The van der Waals surface area contributed by atoms with Gasteiger partial charge >= 0.3 is 0 Å². The molecule has 42 heavy (non-hydrogen) atoms. The van der Waals surface area contributed by atoms with Crippen LogP contribution < -0.4 is 4.90 Å². The molecule has 1 fully saturated rings. The first-order valence-corrected chi connectivity index (χ1v) is 15.6. The number of hydrogen-bond acceptors (Lipinski definition) is 2. The number of fused-ring (bicyclic) bond motifs is 6. The summed E-state index contributed by atoms with van der Waals surface area (Å²) in [4.78, 5) is 19.9. The number of allylic oxidation sites excluding steroid dienone is 1. The number of aromatic nitrogens is 2. The van der Waals surface area contributed by atoms with Gasteiger partial charge in [0.25, 0.3) is 0 Å². The van der Waals surface area contributed by atoms with E-state index in [1.54, 1.807) is 0 Å². The van der Waals surface area contributed by atoms with E-state index in [1.807, 2.05) is 24.9 Å². The summed E-state index contributed by atoms with van der Waals surface area (Å²) in [5.41, 5.74) is 11.1. The Balaban J connectivity index is 0.000000624. The van der Waals surface area contributed by atoms with E-state index in [-0.39, 0.29) is 5.91 Å². The zero-order valence-electron chi connectivity index (χ0n) is 27.1. The highest BCUT2D eigenvalue weighted by Crippen LogP contribution is 2.44. The molecule has 0 spiro atoms. The predicted molar refractivity (Wildman–Crippen MR) is 182 cm³/mol. The molecule has 0 unspecified atom stereocenters. The van der Waals surface area contributed by atoms with E-state index >= 15 is 0 Å². The van der Waals surface area contributed by atoms with Crippen molar-refractivity contribution in [1.82, 2.24) is 9.38 Å². The molecule has 0 atom stereocenters. The number of amides is 1. The van der Waals surface area contributed by atoms with Crippen molar-refractivity contribution >= 4 is 38.9 Å². The van der Waals surface area contributed by atoms with Crippen molar-refractivity contribution in [1.29, 1.82) is 0 Å². The Morgan fingerprint density at radius 1 is 0.905 bits per heavy atom. The molecule has 6 rings (SSSR count). The van der Waals surface area contributed by atoms with E-state index < -0.39 is 0 Å². The summed E-state index contributed by atoms with van der Waals surface area (Å²) in [5, 5.41) is 3.31. The number of unbranched alkanes of at least 4 members (excludes halogenated alkanes) is 1. The van der Waals surface area contributed by atoms with E-state index in [9.17, 15) is 4.79 Å². The fourth-order valence-electron chi connectivity index (χ4n) is 6.16. The zero-order valence-corrected chi connectivity index (χ0v) is 27.1. The number of benzene rings is 3. The molecule has 0 radical (unpaired) electrons. The van der Waals surface area contributed by atoms with Gasteiger partial charge in [0.05, 0.1) is 23.1 Å². The van der Waals surface area contributed by atoms with Gasteiger partial charge in [-0.25, -0.2) is 4.98 Å². The van der Waals surface area contributed by atoms with E-state index in [1.165, 1.54) is 40.7 Å². The number of hydrogen-bond donors (Lipinski definition) is 0. The highest BCUT2D eigenvalue weighted by atomic mass is 16.2. The second kappa shape index (κ2) is 12.9. The quantitative estimate of drug-likeness (QED) is 0.205. The van der Waals surface area contributed by atoms with Crippen molar-refractivity contribution in [2.45, 2.75) is 93.9 Å². The van der Waals surface area contributed by atoms with Crippen molar-refractivity contribution in [2.24, 2.45) is 0 Å². The SMILES string of the molecule is C=C1CCC(=O)N1c1ccc(C(C)C)c2c1c1ccccc1n1c(-c3c(C)cc(C)cc3C)cnc21.CC.CCCC. The smallest absolute Gasteiger partial charge is 0.231 e. The Morgan fingerprint density at radius 3 is 2.12 bits per heavy atom. The third-order valence-electron chi connectivity index (χ3n) is 8.10. The fourth-order valence-corrected chi connectivity index (χ4v) is 6.16. The summed E-state index contributed by atoms with van der Waals surface area (Å²) in [7, 11) is 0. The van der Waals surface area contributed by atoms with Crippen molar-refractivity contribution in [2.75, 3.05) is 4.90 Å². The van der Waals surface area contributed by atoms with Crippen LogP contribution >= 0.6 is 0 Å². The minimum absolute atomic E-state index is 0.109. The van der Waals surface area contributed by atoms with Crippen LogP contribution in [0, 0.1) is 20.8 Å². The molecule has 1 aliphatic rings. The summed E-state index contributed by atoms with van der Waals surface area (Å²) < 4.78 is 2.32. The summed E-state index contributed by atoms with van der Waals surface area (Å²) in [5.74, 6) is 0.407.